The van der Waals surface area contributed by atoms with Crippen LogP contribution in [0.4, 0.5) is 5.69 Å². The maximum Gasteiger partial charge on any atom is 0.258 e. The molecule has 6 heteroatoms. The first kappa shape index (κ1) is 16.0. The summed E-state index contributed by atoms with van der Waals surface area (Å²) in [5.74, 6) is -0.0902. The van der Waals surface area contributed by atoms with Gasteiger partial charge in [0.25, 0.3) is 5.91 Å². The fraction of sp³-hybridized carbons (Fsp3) is 0.100. The van der Waals surface area contributed by atoms with E-state index in [-0.39, 0.29) is 5.91 Å². The summed E-state index contributed by atoms with van der Waals surface area (Å²) in [5, 5.41) is 8.11. The Labute approximate surface area is 150 Å². The number of nitrogens with zero attached hydrogens (tertiary/aromatic N) is 5. The zero-order valence-electron chi connectivity index (χ0n) is 14.3. The second-order valence-electron chi connectivity index (χ2n) is 6.00. The maximum atomic E-state index is 13.3. The van der Waals surface area contributed by atoms with E-state index in [2.05, 4.69) is 15.3 Å². The van der Waals surface area contributed by atoms with Crippen molar-refractivity contribution in [3.8, 4) is 0 Å². The van der Waals surface area contributed by atoms with Crippen molar-refractivity contribution in [2.24, 2.45) is 7.05 Å². The Morgan fingerprint density at radius 1 is 1.04 bits per heavy atom. The van der Waals surface area contributed by atoms with Gasteiger partial charge in [-0.3, -0.25) is 9.78 Å². The highest BCUT2D eigenvalue weighted by Gasteiger charge is 2.19. The minimum atomic E-state index is -0.0902. The number of rotatable bonds is 4. The van der Waals surface area contributed by atoms with Gasteiger partial charge in [0.1, 0.15) is 5.52 Å². The Kier molecular flexibility index (Phi) is 4.15. The lowest BCUT2D eigenvalue weighted by atomic mass is 10.1. The molecule has 6 nitrogen and oxygen atoms in total. The fourth-order valence-electron chi connectivity index (χ4n) is 2.90. The van der Waals surface area contributed by atoms with E-state index in [0.717, 1.165) is 16.8 Å². The topological polar surface area (TPSA) is 63.9 Å². The summed E-state index contributed by atoms with van der Waals surface area (Å²) < 4.78 is 1.69. The molecule has 2 aromatic carbocycles. The fourth-order valence-corrected chi connectivity index (χ4v) is 2.90. The Bertz CT molecular complexity index is 1040. The van der Waals surface area contributed by atoms with E-state index in [1.54, 1.807) is 28.0 Å². The highest BCUT2D eigenvalue weighted by atomic mass is 16.2. The average molecular weight is 343 g/mol. The van der Waals surface area contributed by atoms with Crippen molar-refractivity contribution >= 4 is 22.6 Å². The van der Waals surface area contributed by atoms with Crippen molar-refractivity contribution in [3.05, 3.63) is 84.2 Å². The number of carbonyl (C=O) groups is 1. The number of aryl methyl sites for hydroxylation is 1. The van der Waals surface area contributed by atoms with Crippen molar-refractivity contribution in [1.82, 2.24) is 20.0 Å². The molecule has 0 bridgehead atoms. The monoisotopic (exact) mass is 343 g/mol. The molecule has 128 valence electrons. The van der Waals surface area contributed by atoms with Gasteiger partial charge in [0.15, 0.2) is 0 Å². The first-order valence-electron chi connectivity index (χ1n) is 8.27. The first-order valence-corrected chi connectivity index (χ1v) is 8.27. The molecule has 2 aromatic heterocycles. The number of aromatic nitrogens is 4. The van der Waals surface area contributed by atoms with Gasteiger partial charge in [-0.25, -0.2) is 4.68 Å². The van der Waals surface area contributed by atoms with Crippen molar-refractivity contribution in [3.63, 3.8) is 0 Å². The molecule has 0 atom stereocenters. The van der Waals surface area contributed by atoms with Crippen LogP contribution in [-0.4, -0.2) is 25.9 Å². The number of amides is 1. The van der Waals surface area contributed by atoms with Crippen LogP contribution in [0.1, 0.15) is 15.9 Å². The zero-order valence-corrected chi connectivity index (χ0v) is 14.3. The van der Waals surface area contributed by atoms with Crippen molar-refractivity contribution in [1.29, 1.82) is 0 Å². The van der Waals surface area contributed by atoms with E-state index >= 15 is 0 Å². The van der Waals surface area contributed by atoms with Crippen LogP contribution in [0, 0.1) is 0 Å². The van der Waals surface area contributed by atoms with E-state index in [1.165, 1.54) is 0 Å². The predicted molar refractivity (Wildman–Crippen MR) is 99.7 cm³/mol. The van der Waals surface area contributed by atoms with Gasteiger partial charge in [0.05, 0.1) is 12.1 Å². The number of benzene rings is 2. The maximum absolute atomic E-state index is 13.3. The molecule has 4 rings (SSSR count). The Hall–Kier alpha value is -3.54. The van der Waals surface area contributed by atoms with Gasteiger partial charge in [0, 0.05) is 30.7 Å². The lowest BCUT2D eigenvalue weighted by molar-refractivity contribution is 0.0985. The Morgan fingerprint density at radius 3 is 2.58 bits per heavy atom. The summed E-state index contributed by atoms with van der Waals surface area (Å²) in [4.78, 5) is 19.0. The minimum absolute atomic E-state index is 0.0902. The minimum Gasteiger partial charge on any atom is -0.304 e. The van der Waals surface area contributed by atoms with Crippen LogP contribution in [-0.2, 0) is 13.6 Å². The van der Waals surface area contributed by atoms with E-state index < -0.39 is 0 Å². The number of anilines is 1. The molecule has 0 aliphatic rings. The third kappa shape index (κ3) is 3.04. The average Bonchev–Trinajstić information content (AvgIpc) is 3.07. The quantitative estimate of drug-likeness (QED) is 0.571. The molecule has 1 amide bonds. The second kappa shape index (κ2) is 6.76. The number of pyridine rings is 1. The van der Waals surface area contributed by atoms with Gasteiger partial charge in [-0.2, -0.15) is 0 Å². The summed E-state index contributed by atoms with van der Waals surface area (Å²) in [6, 6.07) is 19.0. The van der Waals surface area contributed by atoms with E-state index in [9.17, 15) is 4.79 Å². The number of hydrogen-bond donors (Lipinski definition) is 0. The molecule has 0 fully saturated rings. The summed E-state index contributed by atoms with van der Waals surface area (Å²) >= 11 is 0. The summed E-state index contributed by atoms with van der Waals surface area (Å²) in [7, 11) is 1.83. The molecule has 0 radical (unpaired) electrons. The molecular formula is C20H17N5O. The molecule has 0 aliphatic carbocycles. The summed E-state index contributed by atoms with van der Waals surface area (Å²) in [6.07, 6.45) is 3.37. The third-order valence-corrected chi connectivity index (χ3v) is 4.26. The van der Waals surface area contributed by atoms with Crippen LogP contribution in [0.25, 0.3) is 11.0 Å². The van der Waals surface area contributed by atoms with Crippen LogP contribution in [0.5, 0.6) is 0 Å². The normalized spacial score (nSPS) is 10.8. The van der Waals surface area contributed by atoms with Gasteiger partial charge in [0.2, 0.25) is 0 Å². The predicted octanol–water partition coefficient (Wildman–Crippen LogP) is 3.21. The first-order chi connectivity index (χ1) is 12.7. The molecular weight excluding hydrogens is 326 g/mol. The molecule has 2 heterocycles. The van der Waals surface area contributed by atoms with Crippen LogP contribution in [0.3, 0.4) is 0 Å². The second-order valence-corrected chi connectivity index (χ2v) is 6.00. The Balaban J connectivity index is 1.73. The van der Waals surface area contributed by atoms with Gasteiger partial charge in [-0.15, -0.1) is 5.10 Å². The lowest BCUT2D eigenvalue weighted by Gasteiger charge is -2.23. The van der Waals surface area contributed by atoms with Crippen LogP contribution in [0.15, 0.2) is 73.1 Å². The van der Waals surface area contributed by atoms with Crippen molar-refractivity contribution < 1.29 is 4.79 Å². The zero-order chi connectivity index (χ0) is 17.9. The molecule has 26 heavy (non-hydrogen) atoms. The van der Waals surface area contributed by atoms with Crippen LogP contribution >= 0.6 is 0 Å². The molecule has 0 saturated carbocycles. The molecule has 4 aromatic rings. The summed E-state index contributed by atoms with van der Waals surface area (Å²) in [6.45, 7) is 0.474. The van der Waals surface area contributed by atoms with E-state index in [1.807, 2.05) is 61.6 Å². The standard InChI is InChI=1S/C20H17N5O/c1-24-19-8-7-16(13-18(19)22-23-24)20(26)25(17-9-11-21-12-10-17)14-15-5-3-2-4-6-15/h2-13H,14H2,1H3. The SMILES string of the molecule is Cn1nnc2cc(C(=O)N(Cc3ccccc3)c3ccncc3)ccc21. The highest BCUT2D eigenvalue weighted by Crippen LogP contribution is 2.21. The van der Waals surface area contributed by atoms with E-state index in [4.69, 9.17) is 0 Å². The molecule has 0 N–H and O–H groups in total. The molecule has 0 aliphatic heterocycles. The van der Waals surface area contributed by atoms with Crippen molar-refractivity contribution in [2.45, 2.75) is 6.54 Å². The largest absolute Gasteiger partial charge is 0.304 e. The molecule has 0 unspecified atom stereocenters. The third-order valence-electron chi connectivity index (χ3n) is 4.26. The highest BCUT2D eigenvalue weighted by molar-refractivity contribution is 6.07. The van der Waals surface area contributed by atoms with Gasteiger partial charge < -0.3 is 4.90 Å². The molecule has 0 saturated heterocycles. The Morgan fingerprint density at radius 2 is 1.81 bits per heavy atom. The van der Waals surface area contributed by atoms with Crippen LogP contribution < -0.4 is 4.90 Å². The number of hydrogen-bond acceptors (Lipinski definition) is 4. The number of carbonyl (C=O) groups excluding carboxylic acids is 1. The van der Waals surface area contributed by atoms with Gasteiger partial charge >= 0.3 is 0 Å². The van der Waals surface area contributed by atoms with Gasteiger partial charge in [-0.1, -0.05) is 35.5 Å². The van der Waals surface area contributed by atoms with Crippen molar-refractivity contribution in [2.75, 3.05) is 4.90 Å². The van der Waals surface area contributed by atoms with E-state index in [0.29, 0.717) is 17.6 Å². The molecule has 0 spiro atoms. The number of fused-ring (bicyclic) bond motifs is 1. The van der Waals surface area contributed by atoms with Crippen LogP contribution in [0.2, 0.25) is 0 Å². The summed E-state index contributed by atoms with van der Waals surface area (Å²) in [5.41, 5.74) is 4.02. The smallest absolute Gasteiger partial charge is 0.258 e. The van der Waals surface area contributed by atoms with Gasteiger partial charge in [-0.05, 0) is 35.9 Å². The lowest BCUT2D eigenvalue weighted by Crippen LogP contribution is -2.30.